The first-order chi connectivity index (χ1) is 10.2. The van der Waals surface area contributed by atoms with Gasteiger partial charge in [0.25, 0.3) is 0 Å². The molecule has 21 heavy (non-hydrogen) atoms. The second-order valence-electron chi connectivity index (χ2n) is 6.12. The number of piperidine rings is 1. The van der Waals surface area contributed by atoms with Gasteiger partial charge in [-0.3, -0.25) is 4.68 Å². The number of likely N-dealkylation sites (tertiary alicyclic amines) is 1. The molecule has 2 fully saturated rings. The van der Waals surface area contributed by atoms with E-state index in [2.05, 4.69) is 25.3 Å². The van der Waals surface area contributed by atoms with E-state index in [1.807, 2.05) is 7.05 Å². The Morgan fingerprint density at radius 1 is 1.19 bits per heavy atom. The monoisotopic (exact) mass is 287 g/mol. The summed E-state index contributed by atoms with van der Waals surface area (Å²) in [4.78, 5) is 11.5. The van der Waals surface area contributed by atoms with Crippen LogP contribution in [0.3, 0.4) is 0 Å². The number of nitrogens with two attached hydrogens (primary N) is 1. The van der Waals surface area contributed by atoms with Crippen molar-refractivity contribution in [2.45, 2.75) is 37.8 Å². The minimum absolute atomic E-state index is 0.435. The number of aromatic nitrogens is 4. The van der Waals surface area contributed by atoms with Crippen LogP contribution in [-0.2, 0) is 7.05 Å². The van der Waals surface area contributed by atoms with E-state index in [1.165, 1.54) is 25.9 Å². The normalized spacial score (nSPS) is 21.0. The molecule has 2 aromatic rings. The van der Waals surface area contributed by atoms with Crippen molar-refractivity contribution < 1.29 is 0 Å². The molecule has 0 atom stereocenters. The van der Waals surface area contributed by atoms with Gasteiger partial charge in [0.2, 0.25) is 5.95 Å². The molecule has 0 unspecified atom stereocenters. The van der Waals surface area contributed by atoms with Crippen LogP contribution in [0.15, 0.2) is 6.20 Å². The predicted octanol–water partition coefficient (Wildman–Crippen LogP) is 0.984. The summed E-state index contributed by atoms with van der Waals surface area (Å²) in [6.45, 7) is 2.34. The van der Waals surface area contributed by atoms with Gasteiger partial charge >= 0.3 is 0 Å². The van der Waals surface area contributed by atoms with E-state index in [-0.39, 0.29) is 0 Å². The molecule has 0 bridgehead atoms. The first-order valence-electron chi connectivity index (χ1n) is 7.66. The van der Waals surface area contributed by atoms with Crippen molar-refractivity contribution in [3.8, 4) is 0 Å². The first-order valence-corrected chi connectivity index (χ1v) is 7.66. The summed E-state index contributed by atoms with van der Waals surface area (Å²) in [7, 11) is 1.87. The second-order valence-corrected chi connectivity index (χ2v) is 6.12. The molecule has 1 saturated heterocycles. The van der Waals surface area contributed by atoms with Crippen molar-refractivity contribution in [2.24, 2.45) is 7.05 Å². The third-order valence-corrected chi connectivity index (χ3v) is 4.55. The van der Waals surface area contributed by atoms with E-state index in [0.717, 1.165) is 29.9 Å². The minimum atomic E-state index is 0.435. The van der Waals surface area contributed by atoms with Gasteiger partial charge in [0.05, 0.1) is 11.6 Å². The molecule has 2 aliphatic rings. The van der Waals surface area contributed by atoms with Crippen molar-refractivity contribution in [2.75, 3.05) is 24.1 Å². The highest BCUT2D eigenvalue weighted by Crippen LogP contribution is 2.30. The molecule has 1 aliphatic carbocycles. The Morgan fingerprint density at radius 2 is 1.95 bits per heavy atom. The molecule has 1 aliphatic heterocycles. The fourth-order valence-electron chi connectivity index (χ4n) is 3.14. The van der Waals surface area contributed by atoms with Gasteiger partial charge in [0, 0.05) is 32.2 Å². The molecular weight excluding hydrogens is 266 g/mol. The number of fused-ring (bicyclic) bond motifs is 1. The predicted molar refractivity (Wildman–Crippen MR) is 82.0 cm³/mol. The number of anilines is 2. The van der Waals surface area contributed by atoms with Gasteiger partial charge in [-0.1, -0.05) is 0 Å². The third kappa shape index (κ3) is 2.42. The van der Waals surface area contributed by atoms with Crippen molar-refractivity contribution in [1.82, 2.24) is 24.6 Å². The van der Waals surface area contributed by atoms with Crippen LogP contribution in [0, 0.1) is 0 Å². The molecule has 112 valence electrons. The summed E-state index contributed by atoms with van der Waals surface area (Å²) in [5.41, 5.74) is 6.77. The van der Waals surface area contributed by atoms with Crippen LogP contribution in [0.5, 0.6) is 0 Å². The van der Waals surface area contributed by atoms with Gasteiger partial charge < -0.3 is 16.0 Å². The zero-order valence-corrected chi connectivity index (χ0v) is 12.3. The second kappa shape index (κ2) is 4.84. The number of nitrogen functional groups attached to an aromatic ring is 1. The number of nitrogens with one attached hydrogen (secondary N) is 1. The average Bonchev–Trinajstić information content (AvgIpc) is 3.25. The van der Waals surface area contributed by atoms with E-state index in [4.69, 9.17) is 5.73 Å². The highest BCUT2D eigenvalue weighted by atomic mass is 15.3. The molecular formula is C14H21N7. The van der Waals surface area contributed by atoms with Crippen LogP contribution in [-0.4, -0.2) is 49.8 Å². The van der Waals surface area contributed by atoms with Crippen molar-refractivity contribution in [1.29, 1.82) is 0 Å². The first kappa shape index (κ1) is 12.8. The number of hydrogen-bond donors (Lipinski definition) is 2. The molecule has 1 saturated carbocycles. The SMILES string of the molecule is Cn1ncc2c(N)nc(NC3CCN(C4CC4)CC3)nc21. The molecule has 2 aromatic heterocycles. The highest BCUT2D eigenvalue weighted by Gasteiger charge is 2.31. The Hall–Kier alpha value is -1.89. The zero-order chi connectivity index (χ0) is 14.4. The van der Waals surface area contributed by atoms with E-state index in [0.29, 0.717) is 17.8 Å². The average molecular weight is 287 g/mol. The van der Waals surface area contributed by atoms with Gasteiger partial charge in [0.1, 0.15) is 5.82 Å². The summed E-state index contributed by atoms with van der Waals surface area (Å²) in [5.74, 6) is 1.11. The maximum Gasteiger partial charge on any atom is 0.226 e. The Balaban J connectivity index is 1.48. The Kier molecular flexibility index (Phi) is 2.95. The Morgan fingerprint density at radius 3 is 2.67 bits per heavy atom. The smallest absolute Gasteiger partial charge is 0.226 e. The summed E-state index contributed by atoms with van der Waals surface area (Å²) in [6, 6.07) is 1.30. The summed E-state index contributed by atoms with van der Waals surface area (Å²) in [6.07, 6.45) is 6.76. The highest BCUT2D eigenvalue weighted by molar-refractivity contribution is 5.86. The fraction of sp³-hybridized carbons (Fsp3) is 0.643. The van der Waals surface area contributed by atoms with E-state index >= 15 is 0 Å². The van der Waals surface area contributed by atoms with Crippen molar-refractivity contribution in [3.63, 3.8) is 0 Å². The van der Waals surface area contributed by atoms with E-state index in [1.54, 1.807) is 10.9 Å². The molecule has 4 rings (SSSR count). The lowest BCUT2D eigenvalue weighted by Crippen LogP contribution is -2.40. The number of rotatable bonds is 3. The van der Waals surface area contributed by atoms with Gasteiger partial charge in [-0.15, -0.1) is 0 Å². The summed E-state index contributed by atoms with van der Waals surface area (Å²) < 4.78 is 1.73. The molecule has 0 spiro atoms. The van der Waals surface area contributed by atoms with Crippen molar-refractivity contribution >= 4 is 22.8 Å². The largest absolute Gasteiger partial charge is 0.383 e. The molecule has 7 heteroatoms. The maximum absolute atomic E-state index is 5.99. The van der Waals surface area contributed by atoms with Crippen LogP contribution < -0.4 is 11.1 Å². The van der Waals surface area contributed by atoms with E-state index < -0.39 is 0 Å². The Bertz CT molecular complexity index is 653. The van der Waals surface area contributed by atoms with Crippen LogP contribution in [0.2, 0.25) is 0 Å². The summed E-state index contributed by atoms with van der Waals surface area (Å²) >= 11 is 0. The van der Waals surface area contributed by atoms with Crippen LogP contribution in [0.1, 0.15) is 25.7 Å². The quantitative estimate of drug-likeness (QED) is 0.875. The third-order valence-electron chi connectivity index (χ3n) is 4.55. The fourth-order valence-corrected chi connectivity index (χ4v) is 3.14. The number of hydrogen-bond acceptors (Lipinski definition) is 6. The molecule has 0 aromatic carbocycles. The number of nitrogens with zero attached hydrogens (tertiary/aromatic N) is 5. The molecule has 3 heterocycles. The zero-order valence-electron chi connectivity index (χ0n) is 12.3. The minimum Gasteiger partial charge on any atom is -0.383 e. The van der Waals surface area contributed by atoms with Crippen molar-refractivity contribution in [3.05, 3.63) is 6.20 Å². The van der Waals surface area contributed by atoms with Gasteiger partial charge in [0.15, 0.2) is 5.65 Å². The topological polar surface area (TPSA) is 84.9 Å². The van der Waals surface area contributed by atoms with Gasteiger partial charge in [-0.25, -0.2) is 0 Å². The molecule has 0 amide bonds. The Labute approximate surface area is 123 Å². The summed E-state index contributed by atoms with van der Waals surface area (Å²) in [5, 5.41) is 8.43. The maximum atomic E-state index is 5.99. The lowest BCUT2D eigenvalue weighted by molar-refractivity contribution is 0.210. The van der Waals surface area contributed by atoms with E-state index in [9.17, 15) is 0 Å². The van der Waals surface area contributed by atoms with Gasteiger partial charge in [-0.05, 0) is 25.7 Å². The number of aryl methyl sites for hydroxylation is 1. The van der Waals surface area contributed by atoms with Gasteiger partial charge in [-0.2, -0.15) is 15.1 Å². The lowest BCUT2D eigenvalue weighted by Gasteiger charge is -2.32. The van der Waals surface area contributed by atoms with Crippen LogP contribution in [0.25, 0.3) is 11.0 Å². The van der Waals surface area contributed by atoms with Crippen LogP contribution >= 0.6 is 0 Å². The standard InChI is InChI=1S/C14H21N7/c1-20-13-11(8-16-20)12(15)18-14(19-13)17-9-4-6-21(7-5-9)10-2-3-10/h8-10H,2-7H2,1H3,(H3,15,17,18,19). The molecule has 7 nitrogen and oxygen atoms in total. The molecule has 0 radical (unpaired) electrons. The molecule has 3 N–H and O–H groups in total. The van der Waals surface area contributed by atoms with Crippen LogP contribution in [0.4, 0.5) is 11.8 Å². The lowest BCUT2D eigenvalue weighted by atomic mass is 10.1.